The molecule has 1 amide bonds. The second-order valence-electron chi connectivity index (χ2n) is 14.0. The lowest BCUT2D eigenvalue weighted by Gasteiger charge is -2.53. The molecule has 6 rings (SSSR count). The van der Waals surface area contributed by atoms with Gasteiger partial charge in [0.2, 0.25) is 5.91 Å². The van der Waals surface area contributed by atoms with E-state index < -0.39 is 30.1 Å². The van der Waals surface area contributed by atoms with Gasteiger partial charge in [0.05, 0.1) is 18.9 Å². The van der Waals surface area contributed by atoms with Crippen LogP contribution in [0.25, 0.3) is 5.57 Å². The molecule has 46 heavy (non-hydrogen) atoms. The molecular weight excluding hydrogens is 602 g/mol. The van der Waals surface area contributed by atoms with E-state index in [9.17, 15) is 27.2 Å². The van der Waals surface area contributed by atoms with Crippen LogP contribution in [0.5, 0.6) is 0 Å². The molecule has 1 aromatic carbocycles. The Morgan fingerprint density at radius 1 is 1.09 bits per heavy atom. The summed E-state index contributed by atoms with van der Waals surface area (Å²) in [5.74, 6) is -1.62. The maximum Gasteiger partial charge on any atom is 0.389 e. The molecule has 2 aromatic rings. The molecule has 3 fully saturated rings. The number of ether oxygens (including phenoxy) is 1. The number of benzene rings is 1. The van der Waals surface area contributed by atoms with Crippen molar-refractivity contribution in [2.45, 2.75) is 116 Å². The Labute approximate surface area is 268 Å². The van der Waals surface area contributed by atoms with Crippen LogP contribution in [0.2, 0.25) is 0 Å². The predicted octanol–water partition coefficient (Wildman–Crippen LogP) is 8.62. The smallest absolute Gasteiger partial charge is 0.389 e. The van der Waals surface area contributed by atoms with E-state index in [0.29, 0.717) is 43.9 Å². The van der Waals surface area contributed by atoms with Crippen LogP contribution in [0.1, 0.15) is 116 Å². The van der Waals surface area contributed by atoms with Crippen LogP contribution in [-0.4, -0.2) is 41.3 Å². The number of aromatic nitrogens is 2. The molecule has 4 aliphatic rings. The van der Waals surface area contributed by atoms with E-state index in [1.165, 1.54) is 13.8 Å². The standard InChI is InChI=1S/C35H45F4N3O4/c1-5-23(21-35(37,38)39)28(43)42(27-9-7-8-26(20-27)24-10-12-25(13-11-24)29(44)45-6-2)22-33-14-17-34(18-15-33,19-16-33)30-40-31(46-41-30)32(3,4)36/h7-10,20,23,25H,5-6,11-19,21-22H2,1-4H3/t23-,25?,33?,34?/m0/s1. The highest BCUT2D eigenvalue weighted by Crippen LogP contribution is 2.58. The van der Waals surface area contributed by atoms with Crippen molar-refractivity contribution in [3.63, 3.8) is 0 Å². The highest BCUT2D eigenvalue weighted by molar-refractivity contribution is 5.95. The Bertz CT molecular complexity index is 1420. The molecule has 0 spiro atoms. The lowest BCUT2D eigenvalue weighted by molar-refractivity contribution is -0.153. The first-order chi connectivity index (χ1) is 21.7. The van der Waals surface area contributed by atoms with Crippen LogP contribution >= 0.6 is 0 Å². The van der Waals surface area contributed by atoms with Gasteiger partial charge in [0.25, 0.3) is 5.89 Å². The third-order valence-corrected chi connectivity index (χ3v) is 10.4. The Kier molecular flexibility index (Phi) is 9.72. The molecular formula is C35H45F4N3O4. The number of hydrogen-bond acceptors (Lipinski definition) is 6. The summed E-state index contributed by atoms with van der Waals surface area (Å²) < 4.78 is 65.7. The molecule has 3 saturated carbocycles. The molecule has 252 valence electrons. The Morgan fingerprint density at radius 2 is 1.78 bits per heavy atom. The lowest BCUT2D eigenvalue weighted by Crippen LogP contribution is -2.52. The number of hydrogen-bond donors (Lipinski definition) is 0. The van der Waals surface area contributed by atoms with Gasteiger partial charge in [-0.2, -0.15) is 18.2 Å². The van der Waals surface area contributed by atoms with Crippen LogP contribution in [0.4, 0.5) is 23.2 Å². The van der Waals surface area contributed by atoms with E-state index >= 15 is 0 Å². The van der Waals surface area contributed by atoms with Gasteiger partial charge in [-0.15, -0.1) is 0 Å². The van der Waals surface area contributed by atoms with Crippen LogP contribution in [0.15, 0.2) is 34.9 Å². The quantitative estimate of drug-likeness (QED) is 0.179. The van der Waals surface area contributed by atoms with Gasteiger partial charge in [0, 0.05) is 23.6 Å². The van der Waals surface area contributed by atoms with Crippen molar-refractivity contribution in [1.29, 1.82) is 0 Å². The highest BCUT2D eigenvalue weighted by atomic mass is 19.4. The van der Waals surface area contributed by atoms with Gasteiger partial charge in [0.1, 0.15) is 0 Å². The Balaban J connectivity index is 1.40. The van der Waals surface area contributed by atoms with Gasteiger partial charge in [-0.1, -0.05) is 30.3 Å². The normalized spacial score (nSPS) is 25.6. The largest absolute Gasteiger partial charge is 0.466 e. The number of fused-ring (bicyclic) bond motifs is 3. The van der Waals surface area contributed by atoms with E-state index in [2.05, 4.69) is 10.1 Å². The minimum Gasteiger partial charge on any atom is -0.466 e. The SMILES string of the molecule is CCOC(=O)C1CC=C(c2cccc(N(CC34CCC(c5noc(C(C)(C)F)n5)(CC3)CC4)C(=O)[C@@H](CC)CC(F)(F)F)c2)CC1. The molecule has 0 radical (unpaired) electrons. The topological polar surface area (TPSA) is 85.5 Å². The third-order valence-electron chi connectivity index (χ3n) is 10.4. The fourth-order valence-corrected chi connectivity index (χ4v) is 7.50. The van der Waals surface area contributed by atoms with Crippen molar-refractivity contribution in [3.8, 4) is 0 Å². The maximum absolute atomic E-state index is 14.5. The van der Waals surface area contributed by atoms with Gasteiger partial charge in [-0.05, 0) is 114 Å². The van der Waals surface area contributed by atoms with E-state index in [1.807, 2.05) is 24.3 Å². The summed E-state index contributed by atoms with van der Waals surface area (Å²) >= 11 is 0. The zero-order chi connectivity index (χ0) is 33.3. The number of nitrogens with zero attached hydrogens (tertiary/aromatic N) is 3. The molecule has 1 heterocycles. The molecule has 1 unspecified atom stereocenters. The first-order valence-corrected chi connectivity index (χ1v) is 16.6. The van der Waals surface area contributed by atoms with Gasteiger partial charge in [-0.25, -0.2) is 4.39 Å². The van der Waals surface area contributed by atoms with Crippen molar-refractivity contribution in [2.75, 3.05) is 18.1 Å². The summed E-state index contributed by atoms with van der Waals surface area (Å²) in [5.41, 5.74) is 0.182. The van der Waals surface area contributed by atoms with Crippen molar-refractivity contribution >= 4 is 23.1 Å². The van der Waals surface area contributed by atoms with Crippen LogP contribution in [0, 0.1) is 17.3 Å². The summed E-state index contributed by atoms with van der Waals surface area (Å²) in [6.07, 6.45) is 2.78. The predicted molar refractivity (Wildman–Crippen MR) is 165 cm³/mol. The molecule has 0 aliphatic heterocycles. The summed E-state index contributed by atoms with van der Waals surface area (Å²) in [7, 11) is 0. The number of amides is 1. The number of rotatable bonds is 11. The van der Waals surface area contributed by atoms with Gasteiger partial charge >= 0.3 is 12.1 Å². The molecule has 2 atom stereocenters. The van der Waals surface area contributed by atoms with Crippen LogP contribution < -0.4 is 4.90 Å². The first-order valence-electron chi connectivity index (χ1n) is 16.6. The number of carbonyl (C=O) groups excluding carboxylic acids is 2. The molecule has 0 N–H and O–H groups in total. The Hall–Kier alpha value is -3.24. The zero-order valence-corrected chi connectivity index (χ0v) is 27.2. The zero-order valence-electron chi connectivity index (χ0n) is 27.2. The molecule has 0 saturated heterocycles. The van der Waals surface area contributed by atoms with Gasteiger partial charge in [0.15, 0.2) is 11.5 Å². The minimum atomic E-state index is -4.46. The van der Waals surface area contributed by atoms with Gasteiger partial charge < -0.3 is 14.2 Å². The third kappa shape index (κ3) is 7.33. The molecule has 2 bridgehead atoms. The Morgan fingerprint density at radius 3 is 2.33 bits per heavy atom. The average molecular weight is 648 g/mol. The number of halogens is 4. The average Bonchev–Trinajstić information content (AvgIpc) is 3.56. The molecule has 7 nitrogen and oxygen atoms in total. The number of alkyl halides is 4. The van der Waals surface area contributed by atoms with E-state index in [0.717, 1.165) is 49.7 Å². The fourth-order valence-electron chi connectivity index (χ4n) is 7.50. The van der Waals surface area contributed by atoms with Gasteiger partial charge in [-0.3, -0.25) is 9.59 Å². The summed E-state index contributed by atoms with van der Waals surface area (Å²) in [6, 6.07) is 7.50. The van der Waals surface area contributed by atoms with Crippen molar-refractivity contribution in [1.82, 2.24) is 10.1 Å². The number of carbonyl (C=O) groups is 2. The van der Waals surface area contributed by atoms with Crippen molar-refractivity contribution < 1.29 is 36.4 Å². The number of esters is 1. The summed E-state index contributed by atoms with van der Waals surface area (Å²) in [6.45, 7) is 6.82. The van der Waals surface area contributed by atoms with Crippen molar-refractivity contribution in [2.24, 2.45) is 17.3 Å². The summed E-state index contributed by atoms with van der Waals surface area (Å²) in [5, 5.41) is 4.15. The molecule has 1 aromatic heterocycles. The lowest BCUT2D eigenvalue weighted by atomic mass is 9.53. The van der Waals surface area contributed by atoms with E-state index in [1.54, 1.807) is 24.8 Å². The maximum atomic E-state index is 14.5. The number of allylic oxidation sites excluding steroid dienone is 2. The first kappa shape index (κ1) is 34.1. The van der Waals surface area contributed by atoms with E-state index in [4.69, 9.17) is 9.26 Å². The van der Waals surface area contributed by atoms with Crippen LogP contribution in [0.3, 0.4) is 0 Å². The van der Waals surface area contributed by atoms with E-state index in [-0.39, 0.29) is 35.0 Å². The second kappa shape index (κ2) is 13.1. The highest BCUT2D eigenvalue weighted by Gasteiger charge is 2.53. The van der Waals surface area contributed by atoms with Crippen LogP contribution in [-0.2, 0) is 25.4 Å². The number of anilines is 1. The second-order valence-corrected chi connectivity index (χ2v) is 14.0. The summed E-state index contributed by atoms with van der Waals surface area (Å²) in [4.78, 5) is 32.3. The molecule has 11 heteroatoms. The van der Waals surface area contributed by atoms with Crippen molar-refractivity contribution in [3.05, 3.63) is 47.6 Å². The monoisotopic (exact) mass is 647 g/mol. The fraction of sp³-hybridized carbons (Fsp3) is 0.657. The molecule has 4 aliphatic carbocycles. The minimum absolute atomic E-state index is 0.0456.